The van der Waals surface area contributed by atoms with Crippen LogP contribution in [0.1, 0.15) is 12.2 Å². The molecule has 0 radical (unpaired) electrons. The van der Waals surface area contributed by atoms with Crippen molar-refractivity contribution >= 4 is 22.8 Å². The number of hydrogen-bond donors (Lipinski definition) is 3. The van der Waals surface area contributed by atoms with E-state index in [1.165, 1.54) is 0 Å². The van der Waals surface area contributed by atoms with Crippen molar-refractivity contribution in [2.75, 3.05) is 18.7 Å². The van der Waals surface area contributed by atoms with Gasteiger partial charge < -0.3 is 25.1 Å². The Morgan fingerprint density at radius 2 is 2.04 bits per heavy atom. The number of fused-ring (bicyclic) bond motifs is 2. The molecule has 0 bridgehead atoms. The number of rotatable bonds is 5. The topological polar surface area (TPSA) is 88.3 Å². The van der Waals surface area contributed by atoms with Crippen LogP contribution in [0.3, 0.4) is 0 Å². The molecular weight excluding hydrogens is 320 g/mol. The quantitative estimate of drug-likeness (QED) is 0.624. The number of carbonyl (C=O) groups excluding carboxylic acids is 1. The normalized spacial score (nSPS) is 12.3. The summed E-state index contributed by atoms with van der Waals surface area (Å²) in [6.07, 6.45) is 1.58. The van der Waals surface area contributed by atoms with Gasteiger partial charge in [0, 0.05) is 24.7 Å². The van der Waals surface area contributed by atoms with Crippen molar-refractivity contribution in [2.45, 2.75) is 12.8 Å². The predicted molar refractivity (Wildman–Crippen MR) is 94.0 cm³/mol. The Balaban J connectivity index is 1.23. The summed E-state index contributed by atoms with van der Waals surface area (Å²) in [7, 11) is 0. The SMILES string of the molecule is O=C(NCCCc1nc2ccccc2[nH]1)Nc1ccc2c(c1)OCO2. The molecule has 7 heteroatoms. The van der Waals surface area contributed by atoms with Gasteiger partial charge in [0.15, 0.2) is 11.5 Å². The lowest BCUT2D eigenvalue weighted by molar-refractivity contribution is 0.174. The highest BCUT2D eigenvalue weighted by Gasteiger charge is 2.14. The van der Waals surface area contributed by atoms with Gasteiger partial charge in [0.25, 0.3) is 0 Å². The first-order valence-electron chi connectivity index (χ1n) is 8.16. The summed E-state index contributed by atoms with van der Waals surface area (Å²) < 4.78 is 10.5. The largest absolute Gasteiger partial charge is 0.454 e. The molecule has 1 aliphatic heterocycles. The zero-order valence-corrected chi connectivity index (χ0v) is 13.5. The summed E-state index contributed by atoms with van der Waals surface area (Å²) in [5, 5.41) is 5.62. The number of amides is 2. The number of aromatic nitrogens is 2. The molecule has 4 rings (SSSR count). The van der Waals surface area contributed by atoms with E-state index < -0.39 is 0 Å². The van der Waals surface area contributed by atoms with Gasteiger partial charge >= 0.3 is 6.03 Å². The maximum atomic E-state index is 11.9. The Labute approximate surface area is 144 Å². The Hall–Kier alpha value is -3.22. The number of imidazole rings is 1. The summed E-state index contributed by atoms with van der Waals surface area (Å²) in [5.74, 6) is 2.26. The number of H-pyrrole nitrogens is 1. The summed E-state index contributed by atoms with van der Waals surface area (Å²) in [4.78, 5) is 19.8. The maximum absolute atomic E-state index is 11.9. The summed E-state index contributed by atoms with van der Waals surface area (Å²) in [5.41, 5.74) is 2.66. The molecule has 3 aromatic rings. The number of benzene rings is 2. The number of nitrogens with one attached hydrogen (secondary N) is 3. The van der Waals surface area contributed by atoms with E-state index in [1.54, 1.807) is 18.2 Å². The highest BCUT2D eigenvalue weighted by Crippen LogP contribution is 2.34. The highest BCUT2D eigenvalue weighted by atomic mass is 16.7. The van der Waals surface area contributed by atoms with Gasteiger partial charge in [0.2, 0.25) is 6.79 Å². The number of ether oxygens (including phenoxy) is 2. The third kappa shape index (κ3) is 3.50. The fourth-order valence-electron chi connectivity index (χ4n) is 2.73. The average molecular weight is 338 g/mol. The van der Waals surface area contributed by atoms with Crippen LogP contribution in [0, 0.1) is 0 Å². The van der Waals surface area contributed by atoms with Gasteiger partial charge in [-0.2, -0.15) is 0 Å². The average Bonchev–Trinajstić information content (AvgIpc) is 3.24. The van der Waals surface area contributed by atoms with Gasteiger partial charge in [0.1, 0.15) is 5.82 Å². The molecule has 25 heavy (non-hydrogen) atoms. The molecule has 2 heterocycles. The Morgan fingerprint density at radius 1 is 1.16 bits per heavy atom. The predicted octanol–water partition coefficient (Wildman–Crippen LogP) is 3.05. The number of aryl methyl sites for hydroxylation is 1. The van der Waals surface area contributed by atoms with Crippen molar-refractivity contribution in [1.29, 1.82) is 0 Å². The van der Waals surface area contributed by atoms with Gasteiger partial charge in [-0.3, -0.25) is 0 Å². The van der Waals surface area contributed by atoms with Gasteiger partial charge in [-0.05, 0) is 30.7 Å². The fraction of sp³-hybridized carbons (Fsp3) is 0.222. The van der Waals surface area contributed by atoms with Crippen LogP contribution in [0.2, 0.25) is 0 Å². The molecule has 2 aromatic carbocycles. The molecule has 0 saturated heterocycles. The molecule has 0 unspecified atom stereocenters. The standard InChI is InChI=1S/C18H18N4O3/c23-18(20-12-7-8-15-16(10-12)25-11-24-15)19-9-3-6-17-21-13-4-1-2-5-14(13)22-17/h1-2,4-5,7-8,10H,3,6,9,11H2,(H,21,22)(H2,19,20,23). The number of urea groups is 1. The first-order valence-corrected chi connectivity index (χ1v) is 8.16. The van der Waals surface area contributed by atoms with Crippen molar-refractivity contribution in [2.24, 2.45) is 0 Å². The highest BCUT2D eigenvalue weighted by molar-refractivity contribution is 5.89. The number of para-hydroxylation sites is 2. The van der Waals surface area contributed by atoms with E-state index in [2.05, 4.69) is 20.6 Å². The second kappa shape index (κ2) is 6.72. The second-order valence-corrected chi connectivity index (χ2v) is 5.75. The first-order chi connectivity index (χ1) is 12.3. The van der Waals surface area contributed by atoms with Crippen LogP contribution in [-0.4, -0.2) is 29.3 Å². The van der Waals surface area contributed by atoms with Gasteiger partial charge in [-0.15, -0.1) is 0 Å². The monoisotopic (exact) mass is 338 g/mol. The van der Waals surface area contributed by atoms with Crippen LogP contribution in [0.15, 0.2) is 42.5 Å². The van der Waals surface area contributed by atoms with E-state index in [1.807, 2.05) is 24.3 Å². The Morgan fingerprint density at radius 3 is 2.96 bits per heavy atom. The van der Waals surface area contributed by atoms with Crippen LogP contribution in [-0.2, 0) is 6.42 Å². The van der Waals surface area contributed by atoms with E-state index in [4.69, 9.17) is 9.47 Å². The van der Waals surface area contributed by atoms with Crippen molar-refractivity contribution in [3.63, 3.8) is 0 Å². The van der Waals surface area contributed by atoms with Crippen LogP contribution in [0.25, 0.3) is 11.0 Å². The summed E-state index contributed by atoms with van der Waals surface area (Å²) in [6, 6.07) is 13.0. The molecule has 2 amide bonds. The molecule has 1 aromatic heterocycles. The summed E-state index contributed by atoms with van der Waals surface area (Å²) in [6.45, 7) is 0.778. The van der Waals surface area contributed by atoms with Crippen LogP contribution >= 0.6 is 0 Å². The van der Waals surface area contributed by atoms with E-state index in [0.717, 1.165) is 29.7 Å². The molecule has 0 aliphatic carbocycles. The number of carbonyl (C=O) groups is 1. The second-order valence-electron chi connectivity index (χ2n) is 5.75. The van der Waals surface area contributed by atoms with Gasteiger partial charge in [-0.1, -0.05) is 12.1 Å². The smallest absolute Gasteiger partial charge is 0.319 e. The number of anilines is 1. The van der Waals surface area contributed by atoms with E-state index in [-0.39, 0.29) is 12.8 Å². The van der Waals surface area contributed by atoms with Crippen LogP contribution in [0.5, 0.6) is 11.5 Å². The fourth-order valence-corrected chi connectivity index (χ4v) is 2.73. The zero-order chi connectivity index (χ0) is 17.1. The number of aromatic amines is 1. The lowest BCUT2D eigenvalue weighted by atomic mass is 10.3. The minimum atomic E-state index is -0.247. The lowest BCUT2D eigenvalue weighted by Gasteiger charge is -2.07. The van der Waals surface area contributed by atoms with Crippen molar-refractivity contribution in [1.82, 2.24) is 15.3 Å². The van der Waals surface area contributed by atoms with Gasteiger partial charge in [-0.25, -0.2) is 9.78 Å². The third-order valence-electron chi connectivity index (χ3n) is 3.94. The molecule has 3 N–H and O–H groups in total. The first kappa shape index (κ1) is 15.3. The molecular formula is C18H18N4O3. The molecule has 7 nitrogen and oxygen atoms in total. The Bertz CT molecular complexity index is 873. The molecule has 0 saturated carbocycles. The molecule has 128 valence electrons. The van der Waals surface area contributed by atoms with Crippen molar-refractivity contribution in [3.05, 3.63) is 48.3 Å². The third-order valence-corrected chi connectivity index (χ3v) is 3.94. The van der Waals surface area contributed by atoms with Gasteiger partial charge in [0.05, 0.1) is 11.0 Å². The molecule has 1 aliphatic rings. The van der Waals surface area contributed by atoms with Crippen molar-refractivity contribution in [3.8, 4) is 11.5 Å². The zero-order valence-electron chi connectivity index (χ0n) is 13.5. The maximum Gasteiger partial charge on any atom is 0.319 e. The van der Waals surface area contributed by atoms with Crippen LogP contribution in [0.4, 0.5) is 10.5 Å². The van der Waals surface area contributed by atoms with Crippen LogP contribution < -0.4 is 20.1 Å². The lowest BCUT2D eigenvalue weighted by Crippen LogP contribution is -2.29. The molecule has 0 spiro atoms. The van der Waals surface area contributed by atoms with E-state index >= 15 is 0 Å². The molecule has 0 fully saturated rings. The van der Waals surface area contributed by atoms with E-state index in [0.29, 0.717) is 23.7 Å². The minimum Gasteiger partial charge on any atom is -0.454 e. The van der Waals surface area contributed by atoms with Crippen molar-refractivity contribution < 1.29 is 14.3 Å². The number of hydrogen-bond acceptors (Lipinski definition) is 4. The van der Waals surface area contributed by atoms with E-state index in [9.17, 15) is 4.79 Å². The summed E-state index contributed by atoms with van der Waals surface area (Å²) >= 11 is 0. The minimum absolute atomic E-state index is 0.215. The Kier molecular flexibility index (Phi) is 4.12. The molecule has 0 atom stereocenters. The number of nitrogens with zero attached hydrogens (tertiary/aromatic N) is 1.